The minimum Gasteiger partial charge on any atom is -0.347 e. The van der Waals surface area contributed by atoms with Gasteiger partial charge in [0.2, 0.25) is 5.95 Å². The van der Waals surface area contributed by atoms with Gasteiger partial charge in [-0.05, 0) is 24.6 Å². The van der Waals surface area contributed by atoms with Crippen LogP contribution >= 0.6 is 11.9 Å². The highest BCUT2D eigenvalue weighted by atomic mass is 32.2. The van der Waals surface area contributed by atoms with Crippen LogP contribution in [0.4, 0.5) is 16.0 Å². The lowest BCUT2D eigenvalue weighted by Gasteiger charge is -2.10. The van der Waals surface area contributed by atoms with Gasteiger partial charge < -0.3 is 14.6 Å². The van der Waals surface area contributed by atoms with E-state index >= 15 is 4.39 Å². The standard InChI is InChI=1S/C23H23FN6OS/c1-4-8-32-29-19-7-5-6-16(20(19)24)21(31)18-13-26-22-17(18)9-14(10-25-22)15-11-27-23(28-12-15)30(2)3/h5-7,9-13,29H,4,8H2,1-3H3,(H,25,26). The Bertz CT molecular complexity index is 1260. The maximum absolute atomic E-state index is 15.0. The van der Waals surface area contributed by atoms with E-state index in [1.165, 1.54) is 18.0 Å². The molecule has 32 heavy (non-hydrogen) atoms. The number of H-pyrrole nitrogens is 1. The van der Waals surface area contributed by atoms with Crippen LogP contribution in [0.5, 0.6) is 0 Å². The lowest BCUT2D eigenvalue weighted by molar-refractivity contribution is 0.103. The molecule has 3 aromatic heterocycles. The molecule has 0 aliphatic rings. The normalized spacial score (nSPS) is 11.0. The molecule has 0 aliphatic heterocycles. The van der Waals surface area contributed by atoms with E-state index in [2.05, 4.69) is 24.7 Å². The van der Waals surface area contributed by atoms with Crippen LogP contribution in [0.3, 0.4) is 0 Å². The van der Waals surface area contributed by atoms with Crippen molar-refractivity contribution in [2.75, 3.05) is 29.5 Å². The van der Waals surface area contributed by atoms with Gasteiger partial charge in [-0.2, -0.15) is 0 Å². The predicted molar refractivity (Wildman–Crippen MR) is 128 cm³/mol. The fourth-order valence-corrected chi connectivity index (χ4v) is 3.83. The molecule has 0 unspecified atom stereocenters. The van der Waals surface area contributed by atoms with E-state index in [0.29, 0.717) is 28.2 Å². The highest BCUT2D eigenvalue weighted by Gasteiger charge is 2.20. The highest BCUT2D eigenvalue weighted by Crippen LogP contribution is 2.28. The van der Waals surface area contributed by atoms with Crippen molar-refractivity contribution in [1.29, 1.82) is 0 Å². The molecule has 0 saturated carbocycles. The largest absolute Gasteiger partial charge is 0.347 e. The van der Waals surface area contributed by atoms with Crippen molar-refractivity contribution in [3.8, 4) is 11.1 Å². The average molecular weight is 451 g/mol. The number of ketones is 1. The van der Waals surface area contributed by atoms with Crippen LogP contribution < -0.4 is 9.62 Å². The topological polar surface area (TPSA) is 86.8 Å². The van der Waals surface area contributed by atoms with E-state index in [-0.39, 0.29) is 5.56 Å². The number of anilines is 2. The van der Waals surface area contributed by atoms with E-state index in [4.69, 9.17) is 0 Å². The third kappa shape index (κ3) is 4.29. The molecule has 3 heterocycles. The lowest BCUT2D eigenvalue weighted by Crippen LogP contribution is -2.12. The fourth-order valence-electron chi connectivity index (χ4n) is 3.21. The van der Waals surface area contributed by atoms with Gasteiger partial charge >= 0.3 is 0 Å². The number of carbonyl (C=O) groups is 1. The number of aromatic nitrogens is 4. The van der Waals surface area contributed by atoms with Gasteiger partial charge in [-0.3, -0.25) is 4.79 Å². The first-order valence-corrected chi connectivity index (χ1v) is 11.2. The highest BCUT2D eigenvalue weighted by molar-refractivity contribution is 8.00. The van der Waals surface area contributed by atoms with Gasteiger partial charge in [-0.25, -0.2) is 19.3 Å². The van der Waals surface area contributed by atoms with Crippen molar-refractivity contribution < 1.29 is 9.18 Å². The summed E-state index contributed by atoms with van der Waals surface area (Å²) in [5.74, 6) is 0.470. The third-order valence-electron chi connectivity index (χ3n) is 4.88. The van der Waals surface area contributed by atoms with Crippen LogP contribution in [0.25, 0.3) is 22.2 Å². The number of carbonyl (C=O) groups excluding carboxylic acids is 1. The minimum atomic E-state index is -0.563. The minimum absolute atomic E-state index is 0.0112. The van der Waals surface area contributed by atoms with Gasteiger partial charge in [0.15, 0.2) is 11.6 Å². The molecule has 2 N–H and O–H groups in total. The van der Waals surface area contributed by atoms with E-state index < -0.39 is 11.6 Å². The Balaban J connectivity index is 1.68. The Hall–Kier alpha value is -3.46. The van der Waals surface area contributed by atoms with Crippen molar-refractivity contribution in [3.63, 3.8) is 0 Å². The number of pyridine rings is 1. The fraction of sp³-hybridized carbons (Fsp3) is 0.217. The number of rotatable bonds is 8. The van der Waals surface area contributed by atoms with Gasteiger partial charge in [0.1, 0.15) is 5.65 Å². The Labute approximate surface area is 189 Å². The summed E-state index contributed by atoms with van der Waals surface area (Å²) < 4.78 is 18.0. The smallest absolute Gasteiger partial charge is 0.224 e. The van der Waals surface area contributed by atoms with E-state index in [1.54, 1.807) is 36.9 Å². The molecule has 0 saturated heterocycles. The molecule has 9 heteroatoms. The third-order valence-corrected chi connectivity index (χ3v) is 5.86. The van der Waals surface area contributed by atoms with Crippen LogP contribution in [0.1, 0.15) is 29.3 Å². The Kier molecular flexibility index (Phi) is 6.36. The molecule has 0 spiro atoms. The molecule has 7 nitrogen and oxygen atoms in total. The first kappa shape index (κ1) is 21.8. The number of aromatic amines is 1. The van der Waals surface area contributed by atoms with Crippen LogP contribution in [0.2, 0.25) is 0 Å². The number of hydrogen-bond donors (Lipinski definition) is 2. The average Bonchev–Trinajstić information content (AvgIpc) is 3.23. The monoisotopic (exact) mass is 450 g/mol. The molecule has 0 atom stereocenters. The second-order valence-corrected chi connectivity index (χ2v) is 8.34. The van der Waals surface area contributed by atoms with Gasteiger partial charge in [0.05, 0.1) is 11.3 Å². The zero-order valence-corrected chi connectivity index (χ0v) is 18.8. The molecule has 164 valence electrons. The quantitative estimate of drug-likeness (QED) is 0.224. The number of benzene rings is 1. The van der Waals surface area contributed by atoms with Crippen molar-refractivity contribution in [2.24, 2.45) is 0 Å². The van der Waals surface area contributed by atoms with Crippen LogP contribution in [0, 0.1) is 5.82 Å². The maximum Gasteiger partial charge on any atom is 0.224 e. The summed E-state index contributed by atoms with van der Waals surface area (Å²) in [6, 6.07) is 6.64. The summed E-state index contributed by atoms with van der Waals surface area (Å²) >= 11 is 1.41. The first-order chi connectivity index (χ1) is 15.5. The zero-order chi connectivity index (χ0) is 22.7. The van der Waals surface area contributed by atoms with Gasteiger partial charge in [-0.1, -0.05) is 24.9 Å². The van der Waals surface area contributed by atoms with Crippen LogP contribution in [-0.2, 0) is 0 Å². The van der Waals surface area contributed by atoms with Crippen molar-refractivity contribution >= 4 is 40.4 Å². The number of nitrogens with zero attached hydrogens (tertiary/aromatic N) is 4. The Morgan fingerprint density at radius 3 is 2.59 bits per heavy atom. The van der Waals surface area contributed by atoms with E-state index in [1.807, 2.05) is 32.0 Å². The molecular formula is C23H23FN6OS. The molecule has 0 fully saturated rings. The van der Waals surface area contributed by atoms with Gasteiger partial charge in [0, 0.05) is 66.7 Å². The molecule has 4 rings (SSSR count). The van der Waals surface area contributed by atoms with Crippen molar-refractivity contribution in [2.45, 2.75) is 13.3 Å². The zero-order valence-electron chi connectivity index (χ0n) is 18.0. The number of halogens is 1. The molecular weight excluding hydrogens is 427 g/mol. The predicted octanol–water partition coefficient (Wildman–Crippen LogP) is 4.93. The molecule has 0 radical (unpaired) electrons. The van der Waals surface area contributed by atoms with Gasteiger partial charge in [0.25, 0.3) is 0 Å². The SMILES string of the molecule is CCCSNc1cccc(C(=O)c2c[nH]c3ncc(-c4cnc(N(C)C)nc4)cc23)c1F. The maximum atomic E-state index is 15.0. The molecule has 0 bridgehead atoms. The van der Waals surface area contributed by atoms with Gasteiger partial charge in [-0.15, -0.1) is 0 Å². The second-order valence-electron chi connectivity index (χ2n) is 7.44. The Morgan fingerprint density at radius 1 is 1.12 bits per heavy atom. The van der Waals surface area contributed by atoms with Crippen LogP contribution in [0.15, 0.2) is 49.1 Å². The van der Waals surface area contributed by atoms with Crippen molar-refractivity contribution in [1.82, 2.24) is 19.9 Å². The first-order valence-electron chi connectivity index (χ1n) is 10.2. The van der Waals surface area contributed by atoms with Crippen molar-refractivity contribution in [3.05, 3.63) is 66.0 Å². The molecule has 0 amide bonds. The lowest BCUT2D eigenvalue weighted by atomic mass is 10.0. The summed E-state index contributed by atoms with van der Waals surface area (Å²) in [4.78, 5) is 31.1. The van der Waals surface area contributed by atoms with Crippen LogP contribution in [-0.4, -0.2) is 45.6 Å². The molecule has 4 aromatic rings. The van der Waals surface area contributed by atoms with E-state index in [0.717, 1.165) is 23.3 Å². The van der Waals surface area contributed by atoms with E-state index in [9.17, 15) is 4.79 Å². The molecule has 1 aromatic carbocycles. The summed E-state index contributed by atoms with van der Waals surface area (Å²) in [6.07, 6.45) is 7.65. The summed E-state index contributed by atoms with van der Waals surface area (Å²) in [7, 11) is 3.74. The number of hydrogen-bond acceptors (Lipinski definition) is 7. The molecule has 0 aliphatic carbocycles. The summed E-state index contributed by atoms with van der Waals surface area (Å²) in [5, 5.41) is 0.613. The number of fused-ring (bicyclic) bond motifs is 1. The summed E-state index contributed by atoms with van der Waals surface area (Å²) in [6.45, 7) is 2.05. The Morgan fingerprint density at radius 2 is 1.88 bits per heavy atom. The summed E-state index contributed by atoms with van der Waals surface area (Å²) in [5.41, 5.74) is 2.76. The number of nitrogens with one attached hydrogen (secondary N) is 2. The second kappa shape index (κ2) is 9.35.